The fourth-order valence-electron chi connectivity index (χ4n) is 5.05. The molecule has 39 heavy (non-hydrogen) atoms. The van der Waals surface area contributed by atoms with Gasteiger partial charge in [-0.3, -0.25) is 4.98 Å². The second kappa shape index (κ2) is 11.0. The Balaban J connectivity index is 1.38. The van der Waals surface area contributed by atoms with E-state index in [1.54, 1.807) is 35.5 Å². The number of hydrogen-bond donors (Lipinski definition) is 3. The molecule has 1 aliphatic heterocycles. The molecule has 0 unspecified atom stereocenters. The van der Waals surface area contributed by atoms with Gasteiger partial charge >= 0.3 is 6.09 Å². The van der Waals surface area contributed by atoms with E-state index in [0.717, 1.165) is 23.9 Å². The highest BCUT2D eigenvalue weighted by Crippen LogP contribution is 2.34. The molecule has 1 fully saturated rings. The molecule has 202 valence electrons. The van der Waals surface area contributed by atoms with Crippen LogP contribution in [-0.2, 0) is 6.54 Å². The van der Waals surface area contributed by atoms with Crippen molar-refractivity contribution in [2.24, 2.45) is 5.92 Å². The highest BCUT2D eigenvalue weighted by molar-refractivity contribution is 5.70. The van der Waals surface area contributed by atoms with Gasteiger partial charge in [0.1, 0.15) is 23.1 Å². The number of aromatic nitrogens is 5. The maximum Gasteiger partial charge on any atom is 0.405 e. The molecule has 13 heteroatoms. The van der Waals surface area contributed by atoms with Crippen LogP contribution < -0.4 is 15.5 Å². The van der Waals surface area contributed by atoms with Crippen LogP contribution in [0.25, 0.3) is 11.3 Å². The molecule has 3 aromatic heterocycles. The Hall–Kier alpha value is -4.68. The van der Waals surface area contributed by atoms with Crippen molar-refractivity contribution in [3.05, 3.63) is 84.3 Å². The average molecular weight is 539 g/mol. The molecule has 10 nitrogen and oxygen atoms in total. The van der Waals surface area contributed by atoms with Crippen molar-refractivity contribution in [3.63, 3.8) is 0 Å². The summed E-state index contributed by atoms with van der Waals surface area (Å²) in [5, 5.41) is 23.2. The van der Waals surface area contributed by atoms with Crippen molar-refractivity contribution in [3.8, 4) is 11.3 Å². The number of halogens is 3. The zero-order valence-electron chi connectivity index (χ0n) is 20.8. The maximum absolute atomic E-state index is 14.5. The number of rotatable bonds is 7. The first-order valence-corrected chi connectivity index (χ1v) is 12.2. The Bertz CT molecular complexity index is 1450. The van der Waals surface area contributed by atoms with E-state index < -0.39 is 40.8 Å². The quantitative estimate of drug-likeness (QED) is 0.322. The van der Waals surface area contributed by atoms with Gasteiger partial charge in [-0.05, 0) is 36.2 Å². The minimum atomic E-state index is -1.14. The number of nitrogens with zero attached hydrogens (tertiary/aromatic N) is 6. The Morgan fingerprint density at radius 2 is 1.87 bits per heavy atom. The Morgan fingerprint density at radius 3 is 2.59 bits per heavy atom. The average Bonchev–Trinajstić information content (AvgIpc) is 3.43. The first kappa shape index (κ1) is 25.9. The number of carbonyl (C=O) groups is 1. The molecule has 1 aliphatic rings. The zero-order chi connectivity index (χ0) is 27.5. The van der Waals surface area contributed by atoms with Crippen LogP contribution in [0.2, 0.25) is 0 Å². The minimum Gasteiger partial charge on any atom is -0.465 e. The smallest absolute Gasteiger partial charge is 0.405 e. The first-order chi connectivity index (χ1) is 18.8. The molecule has 5 rings (SSSR count). The van der Waals surface area contributed by atoms with E-state index in [1.165, 1.54) is 12.1 Å². The van der Waals surface area contributed by atoms with E-state index >= 15 is 0 Å². The Morgan fingerprint density at radius 1 is 1.08 bits per heavy atom. The van der Waals surface area contributed by atoms with E-state index in [-0.39, 0.29) is 18.5 Å². The number of hydrogen-bond acceptors (Lipinski definition) is 7. The van der Waals surface area contributed by atoms with Crippen LogP contribution in [0.1, 0.15) is 18.7 Å². The lowest BCUT2D eigenvalue weighted by Crippen LogP contribution is -2.56. The minimum absolute atomic E-state index is 0.00435. The Labute approximate surface area is 221 Å². The second-order valence-corrected chi connectivity index (χ2v) is 9.29. The topological polar surface area (TPSA) is 121 Å². The molecule has 0 aliphatic carbocycles. The Kier molecular flexibility index (Phi) is 7.30. The number of nitrogens with one attached hydrogen (secondary N) is 2. The number of piperidine rings is 1. The summed E-state index contributed by atoms with van der Waals surface area (Å²) in [5.74, 6) is -2.66. The molecule has 0 bridgehead atoms. The molecule has 3 N–H and O–H groups in total. The van der Waals surface area contributed by atoms with Crippen molar-refractivity contribution in [2.45, 2.75) is 25.6 Å². The predicted octanol–water partition coefficient (Wildman–Crippen LogP) is 4.10. The van der Waals surface area contributed by atoms with E-state index in [1.807, 2.05) is 11.8 Å². The lowest BCUT2D eigenvalue weighted by Gasteiger charge is -2.43. The summed E-state index contributed by atoms with van der Waals surface area (Å²) < 4.78 is 44.7. The van der Waals surface area contributed by atoms with Crippen LogP contribution in [0.4, 0.5) is 29.3 Å². The van der Waals surface area contributed by atoms with Gasteiger partial charge in [0.15, 0.2) is 0 Å². The molecule has 0 radical (unpaired) electrons. The van der Waals surface area contributed by atoms with Crippen LogP contribution in [0, 0.1) is 23.4 Å². The summed E-state index contributed by atoms with van der Waals surface area (Å²) in [6.45, 7) is 3.07. The summed E-state index contributed by atoms with van der Waals surface area (Å²) in [7, 11) is 0. The molecular weight excluding hydrogens is 513 g/mol. The fourth-order valence-corrected chi connectivity index (χ4v) is 5.05. The third-order valence-electron chi connectivity index (χ3n) is 6.68. The highest BCUT2D eigenvalue weighted by Gasteiger charge is 2.38. The third kappa shape index (κ3) is 5.47. The van der Waals surface area contributed by atoms with Gasteiger partial charge in [-0.2, -0.15) is 0 Å². The summed E-state index contributed by atoms with van der Waals surface area (Å²) >= 11 is 0. The predicted molar refractivity (Wildman–Crippen MR) is 136 cm³/mol. The van der Waals surface area contributed by atoms with Gasteiger partial charge in [-0.25, -0.2) is 27.6 Å². The van der Waals surface area contributed by atoms with Gasteiger partial charge in [0.25, 0.3) is 0 Å². The van der Waals surface area contributed by atoms with Crippen molar-refractivity contribution in [1.29, 1.82) is 0 Å². The zero-order valence-corrected chi connectivity index (χ0v) is 20.8. The van der Waals surface area contributed by atoms with Crippen LogP contribution in [-0.4, -0.2) is 55.3 Å². The first-order valence-electron chi connectivity index (χ1n) is 12.2. The molecule has 4 aromatic rings. The molecule has 1 aromatic carbocycles. The van der Waals surface area contributed by atoms with Crippen LogP contribution in [0.3, 0.4) is 0 Å². The lowest BCUT2D eigenvalue weighted by molar-refractivity contribution is 0.167. The van der Waals surface area contributed by atoms with Crippen LogP contribution in [0.5, 0.6) is 0 Å². The van der Waals surface area contributed by atoms with Gasteiger partial charge in [-0.1, -0.05) is 18.2 Å². The highest BCUT2D eigenvalue weighted by atomic mass is 19.1. The summed E-state index contributed by atoms with van der Waals surface area (Å²) in [6.07, 6.45) is 5.37. The van der Waals surface area contributed by atoms with Gasteiger partial charge in [-0.15, -0.1) is 5.10 Å². The number of pyridine rings is 2. The second-order valence-electron chi connectivity index (χ2n) is 9.29. The van der Waals surface area contributed by atoms with E-state index in [4.69, 9.17) is 0 Å². The monoisotopic (exact) mass is 538 g/mol. The van der Waals surface area contributed by atoms with E-state index in [2.05, 4.69) is 30.9 Å². The number of amides is 1. The molecule has 0 spiro atoms. The van der Waals surface area contributed by atoms with Crippen molar-refractivity contribution < 1.29 is 23.1 Å². The van der Waals surface area contributed by atoms with Gasteiger partial charge in [0.2, 0.25) is 0 Å². The largest absolute Gasteiger partial charge is 0.465 e. The fraction of sp³-hybridized carbons (Fsp3) is 0.269. The summed E-state index contributed by atoms with van der Waals surface area (Å²) in [4.78, 5) is 22.0. The lowest BCUT2D eigenvalue weighted by atomic mass is 9.89. The van der Waals surface area contributed by atoms with Crippen molar-refractivity contribution in [1.82, 2.24) is 30.3 Å². The van der Waals surface area contributed by atoms with Crippen LogP contribution >= 0.6 is 0 Å². The molecule has 0 saturated carbocycles. The maximum atomic E-state index is 14.5. The normalized spacial score (nSPS) is 19.1. The van der Waals surface area contributed by atoms with Crippen molar-refractivity contribution >= 4 is 17.5 Å². The third-order valence-corrected chi connectivity index (χ3v) is 6.68. The molecule has 3 atom stereocenters. The molecule has 4 heterocycles. The number of benzene rings is 1. The molecule has 1 amide bonds. The number of carboxylic acid groups (broad SMARTS) is 1. The molecule has 1 saturated heterocycles. The SMILES string of the molecule is C[C@H]1CN(c2ccncc2NCc2ccc(F)c(-c3c(F)cccc3F)n2)C[C@@H](NC(=O)O)[C@H]1n1ccnn1. The van der Waals surface area contributed by atoms with Crippen molar-refractivity contribution in [2.75, 3.05) is 23.3 Å². The number of anilines is 2. The molecular formula is C26H25F3N8O2. The van der Waals surface area contributed by atoms with Crippen LogP contribution in [0.15, 0.2) is 61.2 Å². The summed E-state index contributed by atoms with van der Waals surface area (Å²) in [6, 6.07) is 6.93. The van der Waals surface area contributed by atoms with Gasteiger partial charge in [0, 0.05) is 25.5 Å². The van der Waals surface area contributed by atoms with E-state index in [9.17, 15) is 23.1 Å². The summed E-state index contributed by atoms with van der Waals surface area (Å²) in [5.41, 5.74) is 0.812. The van der Waals surface area contributed by atoms with E-state index in [0.29, 0.717) is 24.5 Å². The van der Waals surface area contributed by atoms with Gasteiger partial charge < -0.3 is 20.6 Å². The standard InChI is InChI=1S/C26H25F3N8O2/c1-15-13-36(14-21(34-26(38)39)25(15)37-10-9-32-35-37)22-7-8-30-12-20(22)31-11-16-5-6-19(29)24(33-16)23-17(27)3-2-4-18(23)28/h2-10,12,15,21,25,31,34H,11,13-14H2,1H3,(H,38,39)/t15-,21+,25-/m0/s1. The van der Waals surface area contributed by atoms with Gasteiger partial charge in [0.05, 0.1) is 53.7 Å².